The van der Waals surface area contributed by atoms with Gasteiger partial charge in [0, 0.05) is 5.92 Å². The average Bonchev–Trinajstić information content (AvgIpc) is 2.59. The van der Waals surface area contributed by atoms with E-state index >= 15 is 0 Å². The highest BCUT2D eigenvalue weighted by atomic mass is 16.5. The van der Waals surface area contributed by atoms with Crippen molar-refractivity contribution in [3.63, 3.8) is 0 Å². The first kappa shape index (κ1) is 13.7. The molecule has 1 amide bonds. The highest BCUT2D eigenvalue weighted by Gasteiger charge is 2.27. The third-order valence-electron chi connectivity index (χ3n) is 2.49. The first-order valence-corrected chi connectivity index (χ1v) is 5.68. The topological polar surface area (TPSA) is 75.4 Å². The number of nitrogens with zero attached hydrogens (tertiary/aromatic N) is 1. The van der Waals surface area contributed by atoms with Crippen molar-refractivity contribution in [2.24, 2.45) is 0 Å². The lowest BCUT2D eigenvalue weighted by Gasteiger charge is -2.23. The van der Waals surface area contributed by atoms with Crippen LogP contribution in [0.25, 0.3) is 0 Å². The Bertz CT molecular complexity index is 408. The summed E-state index contributed by atoms with van der Waals surface area (Å²) in [4.78, 5) is 12.1. The minimum atomic E-state index is -0.658. The second kappa shape index (κ2) is 4.87. The van der Waals surface area contributed by atoms with E-state index in [1.807, 2.05) is 13.8 Å². The van der Waals surface area contributed by atoms with Crippen LogP contribution in [0.3, 0.4) is 0 Å². The number of amides is 1. The van der Waals surface area contributed by atoms with Gasteiger partial charge in [-0.05, 0) is 20.8 Å². The van der Waals surface area contributed by atoms with Crippen molar-refractivity contribution in [2.75, 3.05) is 6.61 Å². The lowest BCUT2D eigenvalue weighted by Crippen LogP contribution is -2.46. The molecule has 96 valence electrons. The molecule has 5 heteroatoms. The van der Waals surface area contributed by atoms with Gasteiger partial charge in [-0.2, -0.15) is 0 Å². The number of carbonyl (C=O) groups is 1. The molecule has 0 fully saturated rings. The Morgan fingerprint density at radius 3 is 2.59 bits per heavy atom. The van der Waals surface area contributed by atoms with Crippen LogP contribution in [-0.4, -0.2) is 28.3 Å². The zero-order chi connectivity index (χ0) is 13.2. The Hall–Kier alpha value is -1.36. The molecule has 0 spiro atoms. The molecule has 0 aliphatic rings. The molecule has 0 unspecified atom stereocenters. The van der Waals surface area contributed by atoms with Gasteiger partial charge in [0.05, 0.1) is 17.8 Å². The maximum absolute atomic E-state index is 12.1. The summed E-state index contributed by atoms with van der Waals surface area (Å²) < 4.78 is 5.15. The van der Waals surface area contributed by atoms with Gasteiger partial charge in [0.2, 0.25) is 0 Å². The van der Waals surface area contributed by atoms with Gasteiger partial charge in [-0.1, -0.05) is 19.0 Å². The number of aliphatic hydroxyl groups excluding tert-OH is 1. The third-order valence-corrected chi connectivity index (χ3v) is 2.49. The zero-order valence-electron chi connectivity index (χ0n) is 11.0. The van der Waals surface area contributed by atoms with Gasteiger partial charge in [0.25, 0.3) is 5.91 Å². The van der Waals surface area contributed by atoms with Gasteiger partial charge in [-0.15, -0.1) is 0 Å². The highest BCUT2D eigenvalue weighted by molar-refractivity contribution is 5.96. The molecule has 0 bridgehead atoms. The molecule has 5 nitrogen and oxygen atoms in total. The molecular weight excluding hydrogens is 220 g/mol. The number of rotatable bonds is 4. The molecule has 17 heavy (non-hydrogen) atoms. The number of aliphatic hydroxyl groups is 1. The van der Waals surface area contributed by atoms with E-state index in [2.05, 4.69) is 10.5 Å². The summed E-state index contributed by atoms with van der Waals surface area (Å²) in [6.07, 6.45) is 0. The summed E-state index contributed by atoms with van der Waals surface area (Å²) in [5.41, 5.74) is 0.385. The summed E-state index contributed by atoms with van der Waals surface area (Å²) in [7, 11) is 0. The second-order valence-electron chi connectivity index (χ2n) is 5.16. The van der Waals surface area contributed by atoms with Crippen molar-refractivity contribution in [1.82, 2.24) is 10.5 Å². The van der Waals surface area contributed by atoms with Crippen LogP contribution in [0, 0.1) is 6.92 Å². The molecule has 1 aromatic rings. The maximum atomic E-state index is 12.1. The average molecular weight is 240 g/mol. The highest BCUT2D eigenvalue weighted by Crippen LogP contribution is 2.22. The van der Waals surface area contributed by atoms with Crippen LogP contribution in [0.4, 0.5) is 0 Å². The summed E-state index contributed by atoms with van der Waals surface area (Å²) in [6.45, 7) is 8.99. The Morgan fingerprint density at radius 1 is 1.53 bits per heavy atom. The van der Waals surface area contributed by atoms with E-state index in [4.69, 9.17) is 9.63 Å². The SMILES string of the molecule is Cc1noc(C(C)C)c1C(=O)NC(C)(C)CO. The van der Waals surface area contributed by atoms with Gasteiger partial charge in [-0.25, -0.2) is 0 Å². The molecule has 1 rings (SSSR count). The Balaban J connectivity index is 3.00. The molecule has 0 aliphatic heterocycles. The fourth-order valence-electron chi connectivity index (χ4n) is 1.47. The van der Waals surface area contributed by atoms with Crippen molar-refractivity contribution in [3.8, 4) is 0 Å². The largest absolute Gasteiger partial charge is 0.394 e. The maximum Gasteiger partial charge on any atom is 0.257 e. The van der Waals surface area contributed by atoms with E-state index in [0.29, 0.717) is 17.0 Å². The minimum Gasteiger partial charge on any atom is -0.394 e. The predicted octanol–water partition coefficient (Wildman–Crippen LogP) is 1.61. The lowest BCUT2D eigenvalue weighted by molar-refractivity contribution is 0.0866. The van der Waals surface area contributed by atoms with Gasteiger partial charge in [0.15, 0.2) is 5.76 Å². The molecule has 0 atom stereocenters. The molecular formula is C12H20N2O3. The molecule has 0 radical (unpaired) electrons. The van der Waals surface area contributed by atoms with E-state index in [1.165, 1.54) is 0 Å². The number of carbonyl (C=O) groups excluding carboxylic acids is 1. The van der Waals surface area contributed by atoms with Crippen LogP contribution in [0.5, 0.6) is 0 Å². The van der Waals surface area contributed by atoms with Crippen LogP contribution >= 0.6 is 0 Å². The fourth-order valence-corrected chi connectivity index (χ4v) is 1.47. The summed E-state index contributed by atoms with van der Waals surface area (Å²) in [5.74, 6) is 0.412. The number of hydrogen-bond acceptors (Lipinski definition) is 4. The van der Waals surface area contributed by atoms with Crippen molar-refractivity contribution >= 4 is 5.91 Å². The monoisotopic (exact) mass is 240 g/mol. The molecule has 1 heterocycles. The standard InChI is InChI=1S/C12H20N2O3/c1-7(2)10-9(8(3)14-17-10)11(16)13-12(4,5)6-15/h7,15H,6H2,1-5H3,(H,13,16). The summed E-state index contributed by atoms with van der Waals surface area (Å²) in [5, 5.41) is 15.7. The summed E-state index contributed by atoms with van der Waals surface area (Å²) in [6, 6.07) is 0. The first-order valence-electron chi connectivity index (χ1n) is 5.68. The number of nitrogens with one attached hydrogen (secondary N) is 1. The Labute approximate surface area is 101 Å². The molecule has 0 saturated carbocycles. The quantitative estimate of drug-likeness (QED) is 0.838. The minimum absolute atomic E-state index is 0.0918. The van der Waals surface area contributed by atoms with Crippen molar-refractivity contribution < 1.29 is 14.4 Å². The van der Waals surface area contributed by atoms with Crippen LogP contribution in [0.2, 0.25) is 0 Å². The number of hydrogen-bond donors (Lipinski definition) is 2. The van der Waals surface area contributed by atoms with Gasteiger partial charge < -0.3 is 14.9 Å². The van der Waals surface area contributed by atoms with E-state index in [0.717, 1.165) is 0 Å². The van der Waals surface area contributed by atoms with E-state index in [1.54, 1.807) is 20.8 Å². The van der Waals surface area contributed by atoms with Crippen LogP contribution in [0.1, 0.15) is 55.4 Å². The van der Waals surface area contributed by atoms with E-state index < -0.39 is 5.54 Å². The molecule has 2 N–H and O–H groups in total. The lowest BCUT2D eigenvalue weighted by atomic mass is 10.0. The van der Waals surface area contributed by atoms with Crippen molar-refractivity contribution in [1.29, 1.82) is 0 Å². The van der Waals surface area contributed by atoms with Crippen molar-refractivity contribution in [3.05, 3.63) is 17.0 Å². The smallest absolute Gasteiger partial charge is 0.257 e. The number of aryl methyl sites for hydroxylation is 1. The molecule has 0 aromatic carbocycles. The molecule has 1 aromatic heterocycles. The van der Waals surface area contributed by atoms with E-state index in [-0.39, 0.29) is 18.4 Å². The molecule has 0 saturated heterocycles. The van der Waals surface area contributed by atoms with Crippen LogP contribution < -0.4 is 5.32 Å². The third kappa shape index (κ3) is 3.06. The van der Waals surface area contributed by atoms with Gasteiger partial charge >= 0.3 is 0 Å². The first-order chi connectivity index (χ1) is 7.78. The number of aromatic nitrogens is 1. The Kier molecular flexibility index (Phi) is 3.93. The van der Waals surface area contributed by atoms with Gasteiger partial charge in [0.1, 0.15) is 5.56 Å². The normalized spacial score (nSPS) is 11.9. The fraction of sp³-hybridized carbons (Fsp3) is 0.667. The Morgan fingerprint density at radius 2 is 2.12 bits per heavy atom. The molecule has 0 aliphatic carbocycles. The van der Waals surface area contributed by atoms with Crippen LogP contribution in [-0.2, 0) is 0 Å². The van der Waals surface area contributed by atoms with Gasteiger partial charge in [-0.3, -0.25) is 4.79 Å². The summed E-state index contributed by atoms with van der Waals surface area (Å²) >= 11 is 0. The van der Waals surface area contributed by atoms with E-state index in [9.17, 15) is 4.79 Å². The zero-order valence-corrected chi connectivity index (χ0v) is 11.0. The second-order valence-corrected chi connectivity index (χ2v) is 5.16. The van der Waals surface area contributed by atoms with Crippen molar-refractivity contribution in [2.45, 2.75) is 46.1 Å². The predicted molar refractivity (Wildman–Crippen MR) is 64.0 cm³/mol. The van der Waals surface area contributed by atoms with Crippen LogP contribution in [0.15, 0.2) is 4.52 Å².